The van der Waals surface area contributed by atoms with Crippen LogP contribution >= 0.6 is 19.6 Å². The lowest BCUT2D eigenvalue weighted by atomic mass is 10.2. The highest BCUT2D eigenvalue weighted by Crippen LogP contribution is 2.52. The third-order valence-electron chi connectivity index (χ3n) is 15.0. The number of benzene rings is 4. The van der Waals surface area contributed by atoms with Crippen molar-refractivity contribution in [3.8, 4) is 29.1 Å². The van der Waals surface area contributed by atoms with Crippen molar-refractivity contribution in [1.82, 2.24) is 34.7 Å². The van der Waals surface area contributed by atoms with Gasteiger partial charge in [-0.15, -0.1) is 5.92 Å². The van der Waals surface area contributed by atoms with Crippen molar-refractivity contribution < 1.29 is 33.4 Å². The molecule has 85 heavy (non-hydrogen) atoms. The fourth-order valence-electron chi connectivity index (χ4n) is 8.93. The smallest absolute Gasteiger partial charge is 0.410 e. The van der Waals surface area contributed by atoms with Crippen LogP contribution in [0, 0.1) is 18.8 Å². The molecule has 3 atom stereocenters. The van der Waals surface area contributed by atoms with E-state index in [1.165, 1.54) is 19.6 Å². The van der Waals surface area contributed by atoms with Gasteiger partial charge in [-0.2, -0.15) is 15.3 Å². The quantitative estimate of drug-likeness (QED) is 0.0104. The molecule has 0 aromatic heterocycles. The van der Waals surface area contributed by atoms with E-state index in [0.29, 0.717) is 18.1 Å². The monoisotopic (exact) mass is 1280 g/mol. The fourth-order valence-corrected chi connectivity index (χ4v) is 15.2. The minimum atomic E-state index is -3.40. The molecule has 0 saturated carbocycles. The number of hydrogen-bond acceptors (Lipinski definition) is 10. The Balaban J connectivity index is 1.56. The molecule has 0 aliphatic rings. The molecule has 0 heterocycles. The van der Waals surface area contributed by atoms with Crippen molar-refractivity contribution in [1.29, 1.82) is 0 Å². The molecular formula is C61H103N15O3P3S3+3. The van der Waals surface area contributed by atoms with Gasteiger partial charge < -0.3 is 38.3 Å². The maximum atomic E-state index is 6.70. The molecule has 24 heteroatoms. The number of nitrogens with one attached hydrogen (secondary N) is 8. The predicted molar refractivity (Wildman–Crippen MR) is 371 cm³/mol. The number of likely N-dealkylation sites (N-methyl/N-ethyl adjacent to an activating group) is 5. The number of hydrazone groups is 3. The van der Waals surface area contributed by atoms with Gasteiger partial charge in [0.05, 0.1) is 123 Å². The van der Waals surface area contributed by atoms with E-state index in [-0.39, 0.29) is 0 Å². The molecule has 0 spiro atoms. The summed E-state index contributed by atoms with van der Waals surface area (Å²) in [6.07, 6.45) is 5.39. The standard InChI is InChI=1S/C61H99N15O3P3S3/c1-14-24-54-25-33-58(34-26-54)76(23-10)49-50-77-59-35-27-55(28-36-59)53-64-71(13)82(85,78-60-37-29-56(30-38-60)51-62-69(11)80(83,65-41-45-72(15-2)16-3)66-42-46-73(17-4)18-5)79-61-39-31-57(32-40-61)52-63-70(12)81(84,67-43-47-74(19-6)20-7)68-44-48-75(21-8)22-9/h25-40,51-53H,2,15-23,41-50H2,1,3-13H3,(H2,65,66,83)(H2,67,68,84)/q-1/p+4/b62-51+,63-52+,64-53+. The van der Waals surface area contributed by atoms with Crippen LogP contribution in [-0.2, 0) is 35.4 Å². The van der Waals surface area contributed by atoms with E-state index >= 15 is 0 Å². The van der Waals surface area contributed by atoms with E-state index in [4.69, 9.17) is 64.5 Å². The second-order valence-corrected chi connectivity index (χ2v) is 31.6. The van der Waals surface area contributed by atoms with Crippen LogP contribution in [0.4, 0.5) is 5.69 Å². The summed E-state index contributed by atoms with van der Waals surface area (Å²) < 4.78 is 25.0. The molecule has 0 aliphatic heterocycles. The van der Waals surface area contributed by atoms with Gasteiger partial charge in [0.25, 0.3) is 0 Å². The van der Waals surface area contributed by atoms with E-state index in [9.17, 15) is 0 Å². The van der Waals surface area contributed by atoms with Gasteiger partial charge in [-0.3, -0.25) is 27.3 Å². The van der Waals surface area contributed by atoms with Gasteiger partial charge in [0.15, 0.2) is 13.0 Å². The Morgan fingerprint density at radius 2 is 0.859 bits per heavy atom. The van der Waals surface area contributed by atoms with Gasteiger partial charge in [0.2, 0.25) is 0 Å². The lowest BCUT2D eigenvalue weighted by molar-refractivity contribution is -0.895. The van der Waals surface area contributed by atoms with Gasteiger partial charge in [-0.1, -0.05) is 5.92 Å². The van der Waals surface area contributed by atoms with Crippen LogP contribution in [0.15, 0.2) is 112 Å². The van der Waals surface area contributed by atoms with Crippen LogP contribution < -0.4 is 58.6 Å². The van der Waals surface area contributed by atoms with Gasteiger partial charge in [0, 0.05) is 50.7 Å². The molecule has 0 bridgehead atoms. The summed E-state index contributed by atoms with van der Waals surface area (Å²) in [6.45, 7) is 32.7. The van der Waals surface area contributed by atoms with Crippen molar-refractivity contribution >= 4 is 79.4 Å². The van der Waals surface area contributed by atoms with Gasteiger partial charge in [-0.25, -0.2) is 14.3 Å². The van der Waals surface area contributed by atoms with Crippen molar-refractivity contribution in [2.75, 3.05) is 150 Å². The van der Waals surface area contributed by atoms with Crippen LogP contribution in [0.1, 0.15) is 84.6 Å². The Hall–Kier alpha value is -4.32. The first-order chi connectivity index (χ1) is 41.0. The molecule has 0 saturated heterocycles. The van der Waals surface area contributed by atoms with Crippen molar-refractivity contribution in [3.63, 3.8) is 0 Å². The Bertz CT molecular complexity index is 2650. The molecule has 4 aromatic carbocycles. The average molecular weight is 1280 g/mol. The Morgan fingerprint density at radius 1 is 0.506 bits per heavy atom. The molecule has 0 radical (unpaired) electrons. The SMILES string of the molecule is [CH2-]C[NH+](CC)CCNP(=S)(NCC[NH+](CC)CC)N(C)/N=C/c1ccc(OP(=S)(Oc2ccc(/C=N/N(C)P(=S)(NCC[NH+](CC)CC)NCC[NH+](CC)CC)cc2)N(C)/N=C/c2ccc(OCCN(CC)c3ccc(C#CC)cc3)cc2)cc1. The number of rotatable bonds is 43. The van der Waals surface area contributed by atoms with Crippen LogP contribution in [0.3, 0.4) is 0 Å². The van der Waals surface area contributed by atoms with Gasteiger partial charge in [-0.05, 0) is 206 Å². The van der Waals surface area contributed by atoms with Crippen LogP contribution in [-0.4, -0.2) is 179 Å². The molecule has 4 rings (SSSR count). The Morgan fingerprint density at radius 3 is 1.20 bits per heavy atom. The molecule has 4 aromatic rings. The highest BCUT2D eigenvalue weighted by Gasteiger charge is 2.29. The number of ether oxygens (including phenoxy) is 1. The average Bonchev–Trinajstić information content (AvgIpc) is 3.72. The summed E-state index contributed by atoms with van der Waals surface area (Å²) in [6, 6.07) is 31.4. The van der Waals surface area contributed by atoms with E-state index in [1.807, 2.05) is 116 Å². The first-order valence-electron chi connectivity index (χ1n) is 30.3. The zero-order valence-corrected chi connectivity index (χ0v) is 58.2. The summed E-state index contributed by atoms with van der Waals surface area (Å²) in [5.41, 5.74) is 4.72. The molecule has 18 nitrogen and oxygen atoms in total. The molecule has 8 N–H and O–H groups in total. The first-order valence-corrected chi connectivity index (χ1v) is 38.4. The van der Waals surface area contributed by atoms with Gasteiger partial charge in [0.1, 0.15) is 23.9 Å². The number of anilines is 1. The molecule has 0 aliphatic carbocycles. The topological polar surface area (TPSA) is 144 Å². The number of nitrogens with zero attached hydrogens (tertiary/aromatic N) is 7. The third kappa shape index (κ3) is 25.4. The molecule has 0 amide bonds. The summed E-state index contributed by atoms with van der Waals surface area (Å²) in [7, 11) is 5.67. The minimum absolute atomic E-state index is 0.518. The van der Waals surface area contributed by atoms with E-state index in [0.717, 1.165) is 151 Å². The Kier molecular flexibility index (Phi) is 34.0. The summed E-state index contributed by atoms with van der Waals surface area (Å²) in [4.78, 5) is 8.26. The van der Waals surface area contributed by atoms with E-state index in [1.54, 1.807) is 18.0 Å². The maximum Gasteiger partial charge on any atom is 0.410 e. The zero-order valence-electron chi connectivity index (χ0n) is 53.0. The normalized spacial score (nSPS) is 13.7. The fraction of sp³-hybridized carbons (Fsp3) is 0.508. The van der Waals surface area contributed by atoms with Crippen molar-refractivity contribution in [2.24, 2.45) is 15.3 Å². The predicted octanol–water partition coefficient (Wildman–Crippen LogP) is 4.46. The van der Waals surface area contributed by atoms with Crippen LogP contribution in [0.2, 0.25) is 0 Å². The second-order valence-electron chi connectivity index (χ2n) is 20.4. The molecule has 3 unspecified atom stereocenters. The largest absolute Gasteiger partial charge is 0.492 e. The highest BCUT2D eigenvalue weighted by atomic mass is 32.5. The third-order valence-corrected chi connectivity index (χ3v) is 25.2. The maximum absolute atomic E-state index is 6.70. The van der Waals surface area contributed by atoms with Gasteiger partial charge >= 0.3 is 6.64 Å². The Labute approximate surface area is 527 Å². The molecule has 470 valence electrons. The summed E-state index contributed by atoms with van der Waals surface area (Å²) >= 11 is 19.0. The molecule has 0 fully saturated rings. The number of quaternary nitrogens is 4. The van der Waals surface area contributed by atoms with E-state index < -0.39 is 19.6 Å². The second kappa shape index (κ2) is 39.5. The summed E-state index contributed by atoms with van der Waals surface area (Å²) in [5, 5.41) is 29.4. The summed E-state index contributed by atoms with van der Waals surface area (Å²) in [5.74, 6) is 7.87. The van der Waals surface area contributed by atoms with Crippen molar-refractivity contribution in [2.45, 2.75) is 62.3 Å². The molecular weight excluding hydrogens is 1180 g/mol. The lowest BCUT2D eigenvalue weighted by Crippen LogP contribution is -3.12. The van der Waals surface area contributed by atoms with Crippen LogP contribution in [0.5, 0.6) is 17.2 Å². The first kappa shape index (κ1) is 73.2. The van der Waals surface area contributed by atoms with E-state index in [2.05, 4.69) is 124 Å². The number of hydrogen-bond donors (Lipinski definition) is 8. The van der Waals surface area contributed by atoms with Crippen molar-refractivity contribution in [3.05, 3.63) is 126 Å². The lowest BCUT2D eigenvalue weighted by Gasteiger charge is -2.32. The minimum Gasteiger partial charge on any atom is -0.492 e. The van der Waals surface area contributed by atoms with Crippen LogP contribution in [0.25, 0.3) is 0 Å². The highest BCUT2D eigenvalue weighted by molar-refractivity contribution is 8.11. The zero-order chi connectivity index (χ0) is 62.1.